The normalized spacial score (nSPS) is 24.9. The second kappa shape index (κ2) is 4.53. The lowest BCUT2D eigenvalue weighted by atomic mass is 10.00. The highest BCUT2D eigenvalue weighted by Crippen LogP contribution is 2.29. The monoisotopic (exact) mass is 207 g/mol. The second-order valence-electron chi connectivity index (χ2n) is 3.99. The fourth-order valence-corrected chi connectivity index (χ4v) is 1.89. The molecule has 1 fully saturated rings. The van der Waals surface area contributed by atoms with Crippen LogP contribution in [0.25, 0.3) is 0 Å². The standard InChI is InChI=1S/C10H19F2NO/c1-3-5-10(6-4-2)13-7-9(11,12)8-14-10/h13H,3-8H2,1-2H3. The van der Waals surface area contributed by atoms with E-state index in [2.05, 4.69) is 5.32 Å². The molecule has 0 saturated carbocycles. The predicted molar refractivity (Wildman–Crippen MR) is 51.4 cm³/mol. The summed E-state index contributed by atoms with van der Waals surface area (Å²) in [5.41, 5.74) is -0.495. The van der Waals surface area contributed by atoms with Crippen molar-refractivity contribution in [3.63, 3.8) is 0 Å². The van der Waals surface area contributed by atoms with Crippen LogP contribution in [0.2, 0.25) is 0 Å². The number of hydrogen-bond donors (Lipinski definition) is 1. The Bertz CT molecular complexity index is 167. The highest BCUT2D eigenvalue weighted by atomic mass is 19.3. The molecule has 1 heterocycles. The SMILES string of the molecule is CCCC1(CCC)NCC(F)(F)CO1. The molecule has 1 saturated heterocycles. The van der Waals surface area contributed by atoms with Gasteiger partial charge in [0.15, 0.2) is 0 Å². The smallest absolute Gasteiger partial charge is 0.283 e. The van der Waals surface area contributed by atoms with Gasteiger partial charge in [0.25, 0.3) is 5.92 Å². The Morgan fingerprint density at radius 3 is 2.14 bits per heavy atom. The van der Waals surface area contributed by atoms with Gasteiger partial charge in [-0.3, -0.25) is 5.32 Å². The van der Waals surface area contributed by atoms with Crippen LogP contribution in [0.5, 0.6) is 0 Å². The van der Waals surface area contributed by atoms with E-state index in [-0.39, 0.29) is 6.54 Å². The zero-order valence-electron chi connectivity index (χ0n) is 8.91. The minimum absolute atomic E-state index is 0.257. The van der Waals surface area contributed by atoms with E-state index in [4.69, 9.17) is 4.74 Å². The molecule has 0 aromatic carbocycles. The molecule has 0 aliphatic carbocycles. The van der Waals surface area contributed by atoms with Crippen molar-refractivity contribution in [3.8, 4) is 0 Å². The first-order valence-electron chi connectivity index (χ1n) is 5.30. The summed E-state index contributed by atoms with van der Waals surface area (Å²) in [7, 11) is 0. The van der Waals surface area contributed by atoms with Crippen LogP contribution in [-0.4, -0.2) is 24.8 Å². The average molecular weight is 207 g/mol. The Morgan fingerprint density at radius 2 is 1.79 bits per heavy atom. The van der Waals surface area contributed by atoms with Crippen LogP contribution >= 0.6 is 0 Å². The molecule has 14 heavy (non-hydrogen) atoms. The zero-order valence-corrected chi connectivity index (χ0v) is 8.91. The summed E-state index contributed by atoms with van der Waals surface area (Å²) in [6, 6.07) is 0. The summed E-state index contributed by atoms with van der Waals surface area (Å²) >= 11 is 0. The van der Waals surface area contributed by atoms with Gasteiger partial charge in [0, 0.05) is 0 Å². The highest BCUT2D eigenvalue weighted by Gasteiger charge is 2.42. The molecule has 2 nitrogen and oxygen atoms in total. The van der Waals surface area contributed by atoms with Crippen LogP contribution in [0.15, 0.2) is 0 Å². The van der Waals surface area contributed by atoms with Crippen LogP contribution in [0.1, 0.15) is 39.5 Å². The first kappa shape index (κ1) is 11.9. The van der Waals surface area contributed by atoms with E-state index in [1.807, 2.05) is 13.8 Å². The lowest BCUT2D eigenvalue weighted by Crippen LogP contribution is -2.59. The molecule has 4 heteroatoms. The maximum Gasteiger partial charge on any atom is 0.283 e. The van der Waals surface area contributed by atoms with Crippen LogP contribution in [0.3, 0.4) is 0 Å². The van der Waals surface area contributed by atoms with E-state index in [1.165, 1.54) is 0 Å². The number of hydrogen-bond acceptors (Lipinski definition) is 2. The van der Waals surface area contributed by atoms with Crippen molar-refractivity contribution in [1.29, 1.82) is 0 Å². The maximum absolute atomic E-state index is 12.8. The molecule has 0 bridgehead atoms. The molecule has 0 spiro atoms. The van der Waals surface area contributed by atoms with Crippen LogP contribution in [0.4, 0.5) is 8.78 Å². The summed E-state index contributed by atoms with van der Waals surface area (Å²) in [6.45, 7) is 3.37. The maximum atomic E-state index is 12.8. The molecule has 0 aromatic rings. The third kappa shape index (κ3) is 2.89. The third-order valence-electron chi connectivity index (χ3n) is 2.54. The van der Waals surface area contributed by atoms with Gasteiger partial charge in [-0.2, -0.15) is 0 Å². The predicted octanol–water partition coefficient (Wildman–Crippen LogP) is 2.54. The van der Waals surface area contributed by atoms with Crippen molar-refractivity contribution in [2.45, 2.75) is 51.2 Å². The first-order chi connectivity index (χ1) is 6.54. The summed E-state index contributed by atoms with van der Waals surface area (Å²) < 4.78 is 31.0. The Hall–Kier alpha value is -0.220. The minimum atomic E-state index is -2.70. The number of rotatable bonds is 4. The van der Waals surface area contributed by atoms with E-state index in [1.54, 1.807) is 0 Å². The van der Waals surface area contributed by atoms with E-state index in [0.717, 1.165) is 25.7 Å². The van der Waals surface area contributed by atoms with Crippen LogP contribution in [-0.2, 0) is 4.74 Å². The van der Waals surface area contributed by atoms with Crippen molar-refractivity contribution >= 4 is 0 Å². The van der Waals surface area contributed by atoms with Crippen LogP contribution in [0, 0.1) is 0 Å². The van der Waals surface area contributed by atoms with Crippen molar-refractivity contribution in [2.24, 2.45) is 0 Å². The molecule has 0 aromatic heterocycles. The lowest BCUT2D eigenvalue weighted by molar-refractivity contribution is -0.199. The molecule has 0 unspecified atom stereocenters. The van der Waals surface area contributed by atoms with E-state index >= 15 is 0 Å². The molecule has 0 radical (unpaired) electrons. The molecule has 0 atom stereocenters. The summed E-state index contributed by atoms with van der Waals surface area (Å²) in [5, 5.41) is 2.85. The quantitative estimate of drug-likeness (QED) is 0.765. The van der Waals surface area contributed by atoms with Gasteiger partial charge in [-0.1, -0.05) is 26.7 Å². The molecule has 84 valence electrons. The molecular formula is C10H19F2NO. The Labute approximate surface area is 84.0 Å². The minimum Gasteiger partial charge on any atom is -0.354 e. The second-order valence-corrected chi connectivity index (χ2v) is 3.99. The molecule has 1 N–H and O–H groups in total. The number of ether oxygens (including phenoxy) is 1. The van der Waals surface area contributed by atoms with Gasteiger partial charge >= 0.3 is 0 Å². The first-order valence-corrected chi connectivity index (χ1v) is 5.30. The fourth-order valence-electron chi connectivity index (χ4n) is 1.89. The zero-order chi connectivity index (χ0) is 10.7. The molecule has 1 aliphatic rings. The van der Waals surface area contributed by atoms with Gasteiger partial charge in [0.05, 0.1) is 6.54 Å². The Kier molecular flexibility index (Phi) is 3.84. The molecular weight excluding hydrogens is 188 g/mol. The van der Waals surface area contributed by atoms with Gasteiger partial charge in [0.2, 0.25) is 0 Å². The van der Waals surface area contributed by atoms with Crippen LogP contribution < -0.4 is 5.32 Å². The van der Waals surface area contributed by atoms with E-state index in [0.29, 0.717) is 0 Å². The molecule has 1 aliphatic heterocycles. The largest absolute Gasteiger partial charge is 0.354 e. The third-order valence-corrected chi connectivity index (χ3v) is 2.54. The van der Waals surface area contributed by atoms with Gasteiger partial charge in [-0.15, -0.1) is 0 Å². The van der Waals surface area contributed by atoms with E-state index < -0.39 is 18.3 Å². The number of halogens is 2. The Balaban J connectivity index is 2.54. The topological polar surface area (TPSA) is 21.3 Å². The van der Waals surface area contributed by atoms with Crippen molar-refractivity contribution < 1.29 is 13.5 Å². The van der Waals surface area contributed by atoms with Gasteiger partial charge < -0.3 is 4.74 Å². The van der Waals surface area contributed by atoms with Gasteiger partial charge in [0.1, 0.15) is 12.3 Å². The highest BCUT2D eigenvalue weighted by molar-refractivity contribution is 4.86. The van der Waals surface area contributed by atoms with Crippen molar-refractivity contribution in [1.82, 2.24) is 5.32 Å². The molecule has 0 amide bonds. The van der Waals surface area contributed by atoms with Crippen molar-refractivity contribution in [3.05, 3.63) is 0 Å². The fraction of sp³-hybridized carbons (Fsp3) is 1.00. The Morgan fingerprint density at radius 1 is 1.21 bits per heavy atom. The molecule has 1 rings (SSSR count). The average Bonchev–Trinajstić information content (AvgIpc) is 2.12. The number of alkyl halides is 2. The summed E-state index contributed by atoms with van der Waals surface area (Å²) in [6.07, 6.45) is 3.49. The summed E-state index contributed by atoms with van der Waals surface area (Å²) in [4.78, 5) is 0. The van der Waals surface area contributed by atoms with Gasteiger partial charge in [-0.05, 0) is 12.8 Å². The van der Waals surface area contributed by atoms with Gasteiger partial charge in [-0.25, -0.2) is 8.78 Å². The summed E-state index contributed by atoms with van der Waals surface area (Å²) in [5.74, 6) is -2.70. The lowest BCUT2D eigenvalue weighted by Gasteiger charge is -2.41. The number of nitrogens with one attached hydrogen (secondary N) is 1. The van der Waals surface area contributed by atoms with Crippen molar-refractivity contribution in [2.75, 3.05) is 13.2 Å². The van der Waals surface area contributed by atoms with E-state index in [9.17, 15) is 8.78 Å².